The lowest BCUT2D eigenvalue weighted by atomic mass is 10.0. The highest BCUT2D eigenvalue weighted by molar-refractivity contribution is 5.65. The molecule has 0 aliphatic carbocycles. The van der Waals surface area contributed by atoms with Crippen molar-refractivity contribution in [2.75, 3.05) is 39.9 Å². The normalized spacial score (nSPS) is 19.6. The van der Waals surface area contributed by atoms with Crippen molar-refractivity contribution in [3.63, 3.8) is 0 Å². The van der Waals surface area contributed by atoms with Crippen molar-refractivity contribution in [1.82, 2.24) is 9.80 Å². The molecule has 1 aromatic rings. The minimum atomic E-state index is -1.01. The predicted octanol–water partition coefficient (Wildman–Crippen LogP) is 0.257. The SMILES string of the molecule is COc1cc(C(O)CN2CCN(C(=O)O)C[C@H]2CO)ccc1C#N. The van der Waals surface area contributed by atoms with Crippen molar-refractivity contribution in [2.24, 2.45) is 0 Å². The first-order valence-electron chi connectivity index (χ1n) is 7.59. The fraction of sp³-hybridized carbons (Fsp3) is 0.500. The molecule has 1 aliphatic rings. The fourth-order valence-electron chi connectivity index (χ4n) is 2.82. The average molecular weight is 335 g/mol. The van der Waals surface area contributed by atoms with Crippen LogP contribution < -0.4 is 4.74 Å². The van der Waals surface area contributed by atoms with Crippen LogP contribution in [0.4, 0.5) is 4.79 Å². The van der Waals surface area contributed by atoms with Crippen LogP contribution in [0.1, 0.15) is 17.2 Å². The molecule has 2 rings (SSSR count). The first-order chi connectivity index (χ1) is 11.5. The number of methoxy groups -OCH3 is 1. The summed E-state index contributed by atoms with van der Waals surface area (Å²) in [4.78, 5) is 14.2. The van der Waals surface area contributed by atoms with Gasteiger partial charge in [-0.15, -0.1) is 0 Å². The lowest BCUT2D eigenvalue weighted by Gasteiger charge is -2.40. The Morgan fingerprint density at radius 1 is 1.50 bits per heavy atom. The second-order valence-corrected chi connectivity index (χ2v) is 5.65. The molecule has 1 saturated heterocycles. The molecular weight excluding hydrogens is 314 g/mol. The molecule has 1 heterocycles. The summed E-state index contributed by atoms with van der Waals surface area (Å²) in [7, 11) is 1.46. The van der Waals surface area contributed by atoms with E-state index in [1.54, 1.807) is 18.2 Å². The first kappa shape index (κ1) is 18.0. The number of nitriles is 1. The Labute approximate surface area is 140 Å². The summed E-state index contributed by atoms with van der Waals surface area (Å²) < 4.78 is 5.14. The van der Waals surface area contributed by atoms with E-state index in [2.05, 4.69) is 0 Å². The van der Waals surface area contributed by atoms with Gasteiger partial charge in [-0.3, -0.25) is 4.90 Å². The second-order valence-electron chi connectivity index (χ2n) is 5.65. The van der Waals surface area contributed by atoms with Crippen molar-refractivity contribution in [3.05, 3.63) is 29.3 Å². The monoisotopic (exact) mass is 335 g/mol. The Morgan fingerprint density at radius 3 is 2.83 bits per heavy atom. The van der Waals surface area contributed by atoms with E-state index in [1.165, 1.54) is 12.0 Å². The van der Waals surface area contributed by atoms with E-state index >= 15 is 0 Å². The maximum Gasteiger partial charge on any atom is 0.407 e. The number of hydrogen-bond donors (Lipinski definition) is 3. The number of benzene rings is 1. The highest BCUT2D eigenvalue weighted by Crippen LogP contribution is 2.25. The Bertz CT molecular complexity index is 631. The third-order valence-corrected chi connectivity index (χ3v) is 4.22. The van der Waals surface area contributed by atoms with Crippen LogP contribution in [-0.2, 0) is 0 Å². The van der Waals surface area contributed by atoms with E-state index in [4.69, 9.17) is 15.1 Å². The minimum absolute atomic E-state index is 0.187. The summed E-state index contributed by atoms with van der Waals surface area (Å²) in [6.07, 6.45) is -1.84. The van der Waals surface area contributed by atoms with Gasteiger partial charge in [-0.2, -0.15) is 5.26 Å². The molecule has 3 N–H and O–H groups in total. The van der Waals surface area contributed by atoms with Gasteiger partial charge in [0.1, 0.15) is 11.8 Å². The first-order valence-corrected chi connectivity index (χ1v) is 7.59. The molecule has 1 fully saturated rings. The molecule has 1 aromatic carbocycles. The molecule has 0 aromatic heterocycles. The van der Waals surface area contributed by atoms with Crippen LogP contribution in [0, 0.1) is 11.3 Å². The zero-order valence-corrected chi connectivity index (χ0v) is 13.4. The van der Waals surface area contributed by atoms with Crippen molar-refractivity contribution in [3.8, 4) is 11.8 Å². The van der Waals surface area contributed by atoms with Gasteiger partial charge in [-0.1, -0.05) is 6.07 Å². The topological polar surface area (TPSA) is 117 Å². The Balaban J connectivity index is 2.07. The van der Waals surface area contributed by atoms with Crippen LogP contribution in [-0.4, -0.2) is 77.2 Å². The Kier molecular flexibility index (Phi) is 5.98. The highest BCUT2D eigenvalue weighted by Gasteiger charge is 2.30. The summed E-state index contributed by atoms with van der Waals surface area (Å²) in [6, 6.07) is 6.52. The Morgan fingerprint density at radius 2 is 2.25 bits per heavy atom. The fourth-order valence-corrected chi connectivity index (χ4v) is 2.82. The van der Waals surface area contributed by atoms with E-state index in [9.17, 15) is 15.0 Å². The standard InChI is InChI=1S/C16H21N3O5/c1-24-15-6-11(2-3-12(15)7-17)14(21)9-18-4-5-19(16(22)23)8-13(18)10-20/h2-3,6,13-14,20-21H,4-5,8-10H2,1H3,(H,22,23)/t13-,14?/m0/s1. The lowest BCUT2D eigenvalue weighted by molar-refractivity contribution is 0.0130. The predicted molar refractivity (Wildman–Crippen MR) is 84.7 cm³/mol. The van der Waals surface area contributed by atoms with E-state index < -0.39 is 12.2 Å². The molecule has 2 atom stereocenters. The third-order valence-electron chi connectivity index (χ3n) is 4.22. The van der Waals surface area contributed by atoms with E-state index in [0.717, 1.165) is 0 Å². The zero-order chi connectivity index (χ0) is 17.7. The zero-order valence-electron chi connectivity index (χ0n) is 13.4. The molecule has 8 nitrogen and oxygen atoms in total. The number of ether oxygens (including phenoxy) is 1. The third kappa shape index (κ3) is 3.94. The van der Waals surface area contributed by atoms with E-state index in [1.807, 2.05) is 11.0 Å². The molecule has 130 valence electrons. The van der Waals surface area contributed by atoms with Crippen LogP contribution in [0.2, 0.25) is 0 Å². The molecule has 1 unspecified atom stereocenters. The van der Waals surface area contributed by atoms with Gasteiger partial charge in [0.15, 0.2) is 0 Å². The largest absolute Gasteiger partial charge is 0.495 e. The number of piperazine rings is 1. The summed E-state index contributed by atoms with van der Waals surface area (Å²) in [5.41, 5.74) is 0.986. The van der Waals surface area contributed by atoms with E-state index in [0.29, 0.717) is 30.0 Å². The van der Waals surface area contributed by atoms with Gasteiger partial charge in [-0.25, -0.2) is 4.79 Å². The van der Waals surface area contributed by atoms with Crippen molar-refractivity contribution in [1.29, 1.82) is 5.26 Å². The van der Waals surface area contributed by atoms with Crippen LogP contribution >= 0.6 is 0 Å². The maximum atomic E-state index is 11.0. The molecule has 8 heteroatoms. The number of carboxylic acid groups (broad SMARTS) is 1. The van der Waals surface area contributed by atoms with Crippen LogP contribution in [0.3, 0.4) is 0 Å². The van der Waals surface area contributed by atoms with Gasteiger partial charge in [-0.05, 0) is 17.7 Å². The molecule has 0 radical (unpaired) electrons. The summed E-state index contributed by atoms with van der Waals surface area (Å²) >= 11 is 0. The molecule has 24 heavy (non-hydrogen) atoms. The summed E-state index contributed by atoms with van der Waals surface area (Å²) in [5.74, 6) is 0.392. The van der Waals surface area contributed by atoms with Gasteiger partial charge in [0.25, 0.3) is 0 Å². The lowest BCUT2D eigenvalue weighted by Crippen LogP contribution is -2.56. The number of rotatable bonds is 5. The van der Waals surface area contributed by atoms with Gasteiger partial charge >= 0.3 is 6.09 Å². The van der Waals surface area contributed by atoms with Crippen molar-refractivity contribution >= 4 is 6.09 Å². The molecule has 1 amide bonds. The molecule has 0 bridgehead atoms. The average Bonchev–Trinajstić information content (AvgIpc) is 2.60. The smallest absolute Gasteiger partial charge is 0.407 e. The number of aliphatic hydroxyl groups excluding tert-OH is 2. The van der Waals surface area contributed by atoms with Crippen molar-refractivity contribution in [2.45, 2.75) is 12.1 Å². The number of nitrogens with zero attached hydrogens (tertiary/aromatic N) is 3. The van der Waals surface area contributed by atoms with Crippen LogP contribution in [0.5, 0.6) is 5.75 Å². The van der Waals surface area contributed by atoms with E-state index in [-0.39, 0.29) is 25.7 Å². The summed E-state index contributed by atoms with van der Waals surface area (Å²) in [5, 5.41) is 38.0. The number of carbonyl (C=O) groups is 1. The van der Waals surface area contributed by atoms with Gasteiger partial charge in [0.2, 0.25) is 0 Å². The molecule has 0 spiro atoms. The second kappa shape index (κ2) is 7.97. The highest BCUT2D eigenvalue weighted by atomic mass is 16.5. The molecular formula is C16H21N3O5. The number of amides is 1. The van der Waals surface area contributed by atoms with Crippen LogP contribution in [0.25, 0.3) is 0 Å². The summed E-state index contributed by atoms with van der Waals surface area (Å²) in [6.45, 7) is 1.04. The number of aliphatic hydroxyl groups is 2. The Hall–Kier alpha value is -2.34. The van der Waals surface area contributed by atoms with Gasteiger partial charge < -0.3 is 25.0 Å². The number of β-amino-alcohol motifs (C(OH)–C–C–N with tert-alkyl or cyclic N) is 1. The molecule has 1 aliphatic heterocycles. The molecule has 0 saturated carbocycles. The van der Waals surface area contributed by atoms with Crippen LogP contribution in [0.15, 0.2) is 18.2 Å². The number of hydrogen-bond acceptors (Lipinski definition) is 6. The van der Waals surface area contributed by atoms with Gasteiger partial charge in [0.05, 0.1) is 31.4 Å². The quantitative estimate of drug-likeness (QED) is 0.706. The minimum Gasteiger partial charge on any atom is -0.495 e. The maximum absolute atomic E-state index is 11.0. The van der Waals surface area contributed by atoms with Crippen molar-refractivity contribution < 1.29 is 24.9 Å². The van der Waals surface area contributed by atoms with Gasteiger partial charge in [0, 0.05) is 26.2 Å².